The molecule has 9 heteroatoms. The van der Waals surface area contributed by atoms with Crippen molar-refractivity contribution in [1.29, 1.82) is 0 Å². The van der Waals surface area contributed by atoms with E-state index in [1.54, 1.807) is 17.0 Å². The Morgan fingerprint density at radius 3 is 3.04 bits per heavy atom. The van der Waals surface area contributed by atoms with E-state index in [2.05, 4.69) is 22.2 Å². The fourth-order valence-electron chi connectivity index (χ4n) is 3.79. The predicted octanol–water partition coefficient (Wildman–Crippen LogP) is 0.362. The molecule has 5 heterocycles. The van der Waals surface area contributed by atoms with E-state index in [4.69, 9.17) is 4.74 Å². The summed E-state index contributed by atoms with van der Waals surface area (Å²) in [6, 6.07) is 3.51. The van der Waals surface area contributed by atoms with Gasteiger partial charge in [-0.3, -0.25) is 9.59 Å². The molecule has 3 aliphatic rings. The maximum absolute atomic E-state index is 12.6. The number of ether oxygens (including phenoxy) is 1. The standard InChI is InChI=1S/C17H22N6O3/c1-2-7-22-13-4-3-12(17(22)25)8-21(9-13)16(24)10-26-15-6-5-14-19-18-11-23(14)20-15/h5-6,11-13H,2-4,7-10H2,1H3/t12-,13+/m1/s1. The van der Waals surface area contributed by atoms with Crippen molar-refractivity contribution < 1.29 is 14.3 Å². The van der Waals surface area contributed by atoms with Gasteiger partial charge in [-0.2, -0.15) is 4.52 Å². The molecule has 3 saturated heterocycles. The Hall–Kier alpha value is -2.71. The molecule has 3 aliphatic heterocycles. The molecule has 0 unspecified atom stereocenters. The Kier molecular flexibility index (Phi) is 4.44. The minimum Gasteiger partial charge on any atom is -0.467 e. The van der Waals surface area contributed by atoms with Crippen LogP contribution >= 0.6 is 0 Å². The first kappa shape index (κ1) is 16.7. The molecule has 3 fully saturated rings. The van der Waals surface area contributed by atoms with Gasteiger partial charge in [0.05, 0.1) is 5.92 Å². The van der Waals surface area contributed by atoms with E-state index in [1.807, 2.05) is 4.90 Å². The molecular formula is C17H22N6O3. The Morgan fingerprint density at radius 2 is 2.19 bits per heavy atom. The van der Waals surface area contributed by atoms with Crippen LogP contribution in [0, 0.1) is 5.92 Å². The zero-order valence-corrected chi connectivity index (χ0v) is 14.7. The van der Waals surface area contributed by atoms with Crippen LogP contribution in [0.5, 0.6) is 5.88 Å². The van der Waals surface area contributed by atoms with Crippen molar-refractivity contribution in [3.63, 3.8) is 0 Å². The van der Waals surface area contributed by atoms with Crippen molar-refractivity contribution in [1.82, 2.24) is 29.6 Å². The molecule has 2 bridgehead atoms. The molecule has 0 radical (unpaired) electrons. The molecule has 2 amide bonds. The molecule has 2 atom stereocenters. The van der Waals surface area contributed by atoms with Gasteiger partial charge in [0.2, 0.25) is 11.8 Å². The molecule has 0 aliphatic carbocycles. The molecule has 2 aromatic rings. The summed E-state index contributed by atoms with van der Waals surface area (Å²) in [5, 5.41) is 11.8. The summed E-state index contributed by atoms with van der Waals surface area (Å²) in [5.74, 6) is 0.334. The first-order valence-electron chi connectivity index (χ1n) is 9.04. The maximum atomic E-state index is 12.6. The zero-order chi connectivity index (χ0) is 18.1. The number of aromatic nitrogens is 4. The van der Waals surface area contributed by atoms with Crippen molar-refractivity contribution >= 4 is 17.5 Å². The summed E-state index contributed by atoms with van der Waals surface area (Å²) < 4.78 is 7.05. The van der Waals surface area contributed by atoms with E-state index in [0.29, 0.717) is 24.6 Å². The number of nitrogens with zero attached hydrogens (tertiary/aromatic N) is 6. The van der Waals surface area contributed by atoms with Crippen molar-refractivity contribution in [2.24, 2.45) is 5.92 Å². The monoisotopic (exact) mass is 358 g/mol. The van der Waals surface area contributed by atoms with Crippen molar-refractivity contribution in [2.75, 3.05) is 26.2 Å². The molecule has 0 aromatic carbocycles. The van der Waals surface area contributed by atoms with Gasteiger partial charge < -0.3 is 14.5 Å². The Morgan fingerprint density at radius 1 is 1.31 bits per heavy atom. The SMILES string of the molecule is CCCN1C(=O)[C@@H]2CC[C@H]1CN(C(=O)COc1ccc3nncn3n1)C2. The minimum absolute atomic E-state index is 0.0873. The number of amides is 2. The van der Waals surface area contributed by atoms with Crippen LogP contribution in [0.4, 0.5) is 0 Å². The van der Waals surface area contributed by atoms with Gasteiger partial charge in [0.25, 0.3) is 5.91 Å². The summed E-state index contributed by atoms with van der Waals surface area (Å²) in [4.78, 5) is 28.9. The lowest BCUT2D eigenvalue weighted by Gasteiger charge is -2.35. The lowest BCUT2D eigenvalue weighted by atomic mass is 9.94. The number of rotatable bonds is 5. The van der Waals surface area contributed by atoms with E-state index in [9.17, 15) is 9.59 Å². The highest BCUT2D eigenvalue weighted by atomic mass is 16.5. The van der Waals surface area contributed by atoms with Crippen LogP contribution in [0.1, 0.15) is 26.2 Å². The summed E-state index contributed by atoms with van der Waals surface area (Å²) in [7, 11) is 0. The molecule has 138 valence electrons. The zero-order valence-electron chi connectivity index (χ0n) is 14.7. The molecule has 2 aromatic heterocycles. The average Bonchev–Trinajstić information content (AvgIpc) is 2.94. The van der Waals surface area contributed by atoms with Crippen LogP contribution in [0.2, 0.25) is 0 Å². The molecule has 9 nitrogen and oxygen atoms in total. The lowest BCUT2D eigenvalue weighted by Crippen LogP contribution is -2.48. The topological polar surface area (TPSA) is 92.9 Å². The molecular weight excluding hydrogens is 336 g/mol. The second-order valence-electron chi connectivity index (χ2n) is 6.85. The first-order valence-corrected chi connectivity index (χ1v) is 9.04. The second-order valence-corrected chi connectivity index (χ2v) is 6.85. The van der Waals surface area contributed by atoms with Gasteiger partial charge in [0.15, 0.2) is 12.3 Å². The van der Waals surface area contributed by atoms with Gasteiger partial charge in [0, 0.05) is 31.7 Å². The Balaban J connectivity index is 1.41. The fourth-order valence-corrected chi connectivity index (χ4v) is 3.79. The quantitative estimate of drug-likeness (QED) is 0.766. The van der Waals surface area contributed by atoms with Gasteiger partial charge in [0.1, 0.15) is 6.33 Å². The van der Waals surface area contributed by atoms with E-state index in [1.165, 1.54) is 10.8 Å². The maximum Gasteiger partial charge on any atom is 0.260 e. The lowest BCUT2D eigenvalue weighted by molar-refractivity contribution is -0.139. The summed E-state index contributed by atoms with van der Waals surface area (Å²) >= 11 is 0. The van der Waals surface area contributed by atoms with E-state index < -0.39 is 0 Å². The van der Waals surface area contributed by atoms with Gasteiger partial charge in [-0.25, -0.2) is 0 Å². The Labute approximate surface area is 150 Å². The van der Waals surface area contributed by atoms with E-state index >= 15 is 0 Å². The number of hydrogen-bond acceptors (Lipinski definition) is 6. The van der Waals surface area contributed by atoms with E-state index in [0.717, 1.165) is 25.8 Å². The third-order valence-electron chi connectivity index (χ3n) is 5.09. The van der Waals surface area contributed by atoms with Crippen LogP contribution in [0.3, 0.4) is 0 Å². The number of piperidine rings is 1. The largest absolute Gasteiger partial charge is 0.467 e. The molecule has 5 rings (SSSR count). The number of carbonyl (C=O) groups excluding carboxylic acids is 2. The molecule has 0 saturated carbocycles. The van der Waals surface area contributed by atoms with Crippen LogP contribution in [-0.2, 0) is 9.59 Å². The van der Waals surface area contributed by atoms with Crippen molar-refractivity contribution in [3.8, 4) is 5.88 Å². The highest BCUT2D eigenvalue weighted by Crippen LogP contribution is 2.29. The third-order valence-corrected chi connectivity index (χ3v) is 5.09. The molecule has 0 spiro atoms. The summed E-state index contributed by atoms with van der Waals surface area (Å²) in [6.45, 7) is 3.81. The fraction of sp³-hybridized carbons (Fsp3) is 0.588. The molecule has 26 heavy (non-hydrogen) atoms. The van der Waals surface area contributed by atoms with Crippen LogP contribution in [0.25, 0.3) is 5.65 Å². The smallest absolute Gasteiger partial charge is 0.260 e. The number of fused-ring (bicyclic) bond motifs is 5. The average molecular weight is 358 g/mol. The number of carbonyl (C=O) groups is 2. The van der Waals surface area contributed by atoms with Gasteiger partial charge in [-0.15, -0.1) is 15.3 Å². The van der Waals surface area contributed by atoms with Crippen molar-refractivity contribution in [3.05, 3.63) is 18.5 Å². The molecule has 0 N–H and O–H groups in total. The van der Waals surface area contributed by atoms with Gasteiger partial charge in [-0.05, 0) is 25.3 Å². The van der Waals surface area contributed by atoms with Crippen LogP contribution in [0.15, 0.2) is 18.5 Å². The first-order chi connectivity index (χ1) is 12.7. The van der Waals surface area contributed by atoms with E-state index in [-0.39, 0.29) is 30.4 Å². The number of hydrogen-bond donors (Lipinski definition) is 0. The van der Waals surface area contributed by atoms with Crippen LogP contribution < -0.4 is 4.74 Å². The van der Waals surface area contributed by atoms with Gasteiger partial charge >= 0.3 is 0 Å². The minimum atomic E-state index is -0.112. The Bertz CT molecular complexity index is 822. The highest BCUT2D eigenvalue weighted by Gasteiger charge is 2.41. The van der Waals surface area contributed by atoms with Gasteiger partial charge in [-0.1, -0.05) is 6.92 Å². The predicted molar refractivity (Wildman–Crippen MR) is 91.4 cm³/mol. The summed E-state index contributed by atoms with van der Waals surface area (Å²) in [5.41, 5.74) is 0.613. The summed E-state index contributed by atoms with van der Waals surface area (Å²) in [6.07, 6.45) is 4.24. The van der Waals surface area contributed by atoms with Crippen LogP contribution in [-0.4, -0.2) is 73.7 Å². The highest BCUT2D eigenvalue weighted by molar-refractivity contribution is 5.83. The third kappa shape index (κ3) is 3.09. The second kappa shape index (κ2) is 6.89. The normalized spacial score (nSPS) is 22.7. The van der Waals surface area contributed by atoms with Crippen molar-refractivity contribution in [2.45, 2.75) is 32.2 Å².